The maximum atomic E-state index is 10.9. The molecule has 2 heteroatoms. The number of carbonyl (C=O) groups excluding carboxylic acids is 1. The van der Waals surface area contributed by atoms with E-state index in [9.17, 15) is 4.79 Å². The molecular weight excluding hydrogens is 428 g/mol. The van der Waals surface area contributed by atoms with Gasteiger partial charge in [0.25, 0.3) is 0 Å². The van der Waals surface area contributed by atoms with E-state index in [0.29, 0.717) is 6.61 Å². The van der Waals surface area contributed by atoms with Crippen LogP contribution in [0.2, 0.25) is 0 Å². The Bertz CT molecular complexity index is 429. The zero-order valence-electron chi connectivity index (χ0n) is 24.3. The molecule has 2 nitrogen and oxygen atoms in total. The van der Waals surface area contributed by atoms with Gasteiger partial charge in [-0.1, -0.05) is 181 Å². The van der Waals surface area contributed by atoms with Gasteiger partial charge >= 0.3 is 5.97 Å². The number of unbranched alkanes of at least 4 members (excludes halogenated alkanes) is 24. The van der Waals surface area contributed by atoms with Gasteiger partial charge in [0, 0.05) is 6.08 Å². The van der Waals surface area contributed by atoms with E-state index in [-0.39, 0.29) is 5.97 Å². The number of rotatable bonds is 29. The standard InChI is InChI=1S/C33H64O2/c1-4-33(34)35-31-29-27-25-23-21-19-17-15-13-11-9-7-5-6-8-10-12-14-16-18-20-22-24-26-28-30-32(2)3/h4,32H,1,5-31H2,2-3H3. The first-order valence-corrected chi connectivity index (χ1v) is 16.0. The summed E-state index contributed by atoms with van der Waals surface area (Å²) >= 11 is 0. The van der Waals surface area contributed by atoms with Gasteiger partial charge in [0.15, 0.2) is 0 Å². The van der Waals surface area contributed by atoms with Crippen molar-refractivity contribution in [3.63, 3.8) is 0 Å². The second kappa shape index (κ2) is 29.4. The van der Waals surface area contributed by atoms with Crippen molar-refractivity contribution in [1.29, 1.82) is 0 Å². The van der Waals surface area contributed by atoms with Crippen molar-refractivity contribution in [3.05, 3.63) is 12.7 Å². The van der Waals surface area contributed by atoms with Crippen LogP contribution < -0.4 is 0 Å². The summed E-state index contributed by atoms with van der Waals surface area (Å²) in [5, 5.41) is 0. The molecule has 0 spiro atoms. The molecule has 0 fully saturated rings. The van der Waals surface area contributed by atoms with Crippen molar-refractivity contribution in [3.8, 4) is 0 Å². The Morgan fingerprint density at radius 3 is 1.03 bits per heavy atom. The molecule has 0 heterocycles. The van der Waals surface area contributed by atoms with Crippen molar-refractivity contribution in [2.45, 2.75) is 181 Å². The average molecular weight is 493 g/mol. The number of carbonyl (C=O) groups is 1. The summed E-state index contributed by atoms with van der Waals surface area (Å²) in [5.41, 5.74) is 0. The van der Waals surface area contributed by atoms with E-state index < -0.39 is 0 Å². The van der Waals surface area contributed by atoms with E-state index in [1.807, 2.05) is 0 Å². The minimum absolute atomic E-state index is 0.297. The largest absolute Gasteiger partial charge is 0.463 e. The third-order valence-corrected chi connectivity index (χ3v) is 7.34. The Labute approximate surface area is 221 Å². The molecule has 0 atom stereocenters. The van der Waals surface area contributed by atoms with Crippen LogP contribution in [-0.4, -0.2) is 12.6 Å². The van der Waals surface area contributed by atoms with Crippen LogP contribution in [0, 0.1) is 5.92 Å². The van der Waals surface area contributed by atoms with E-state index >= 15 is 0 Å². The molecule has 0 amide bonds. The molecule has 0 aromatic carbocycles. The highest BCUT2D eigenvalue weighted by Crippen LogP contribution is 2.16. The van der Waals surface area contributed by atoms with Crippen LogP contribution in [0.4, 0.5) is 0 Å². The van der Waals surface area contributed by atoms with Crippen molar-refractivity contribution >= 4 is 5.97 Å². The smallest absolute Gasteiger partial charge is 0.330 e. The third kappa shape index (κ3) is 31.2. The van der Waals surface area contributed by atoms with E-state index in [2.05, 4.69) is 20.4 Å². The van der Waals surface area contributed by atoms with Crippen LogP contribution >= 0.6 is 0 Å². The normalized spacial score (nSPS) is 11.3. The Hall–Kier alpha value is -0.790. The quantitative estimate of drug-likeness (QED) is 0.0589. The van der Waals surface area contributed by atoms with E-state index in [1.165, 1.54) is 167 Å². The molecule has 0 bridgehead atoms. The zero-order valence-corrected chi connectivity index (χ0v) is 24.3. The third-order valence-electron chi connectivity index (χ3n) is 7.34. The monoisotopic (exact) mass is 492 g/mol. The molecule has 35 heavy (non-hydrogen) atoms. The van der Waals surface area contributed by atoms with Gasteiger partial charge in [0.05, 0.1) is 6.61 Å². The van der Waals surface area contributed by atoms with Crippen LogP contribution in [0.1, 0.15) is 181 Å². The molecular formula is C33H64O2. The molecule has 0 saturated heterocycles. The molecule has 0 saturated carbocycles. The molecule has 0 aromatic heterocycles. The molecule has 0 aliphatic rings. The molecule has 0 rings (SSSR count). The van der Waals surface area contributed by atoms with Crippen LogP contribution in [-0.2, 0) is 9.53 Å². The van der Waals surface area contributed by atoms with Crippen molar-refractivity contribution < 1.29 is 9.53 Å². The van der Waals surface area contributed by atoms with Gasteiger partial charge in [0.1, 0.15) is 0 Å². The van der Waals surface area contributed by atoms with Gasteiger partial charge < -0.3 is 4.74 Å². The summed E-state index contributed by atoms with van der Waals surface area (Å²) in [6.07, 6.45) is 37.9. The summed E-state index contributed by atoms with van der Waals surface area (Å²) in [6, 6.07) is 0. The first-order valence-electron chi connectivity index (χ1n) is 16.0. The molecule has 0 unspecified atom stereocenters. The predicted octanol–water partition coefficient (Wildman–Crippen LogP) is 11.5. The number of ether oxygens (including phenoxy) is 1. The Morgan fingerprint density at radius 2 is 0.771 bits per heavy atom. The summed E-state index contributed by atoms with van der Waals surface area (Å²) in [6.45, 7) is 8.63. The lowest BCUT2D eigenvalue weighted by Gasteiger charge is -2.05. The summed E-state index contributed by atoms with van der Waals surface area (Å²) < 4.78 is 4.99. The summed E-state index contributed by atoms with van der Waals surface area (Å²) in [4.78, 5) is 10.9. The van der Waals surface area contributed by atoms with Crippen LogP contribution in [0.25, 0.3) is 0 Å². The van der Waals surface area contributed by atoms with E-state index in [4.69, 9.17) is 4.74 Å². The maximum absolute atomic E-state index is 10.9. The molecule has 0 aliphatic heterocycles. The van der Waals surface area contributed by atoms with Gasteiger partial charge in [0.2, 0.25) is 0 Å². The Morgan fingerprint density at radius 1 is 0.514 bits per heavy atom. The molecule has 0 aliphatic carbocycles. The van der Waals surface area contributed by atoms with Crippen LogP contribution in [0.15, 0.2) is 12.7 Å². The highest BCUT2D eigenvalue weighted by molar-refractivity contribution is 5.81. The van der Waals surface area contributed by atoms with Crippen LogP contribution in [0.3, 0.4) is 0 Å². The second-order valence-electron chi connectivity index (χ2n) is 11.4. The lowest BCUT2D eigenvalue weighted by Crippen LogP contribution is -2.01. The van der Waals surface area contributed by atoms with Gasteiger partial charge in [-0.15, -0.1) is 0 Å². The lowest BCUT2D eigenvalue weighted by molar-refractivity contribution is -0.137. The highest BCUT2D eigenvalue weighted by Gasteiger charge is 1.98. The molecule has 0 radical (unpaired) electrons. The fourth-order valence-electron chi connectivity index (χ4n) is 4.95. The van der Waals surface area contributed by atoms with Gasteiger partial charge in [-0.05, 0) is 12.3 Å². The predicted molar refractivity (Wildman–Crippen MR) is 156 cm³/mol. The summed E-state index contributed by atoms with van der Waals surface area (Å²) in [5.74, 6) is 0.591. The minimum Gasteiger partial charge on any atom is -0.463 e. The Balaban J connectivity index is 3.04. The zero-order chi connectivity index (χ0) is 25.7. The number of hydrogen-bond acceptors (Lipinski definition) is 2. The SMILES string of the molecule is C=CC(=O)OCCCCCCCCCCCCCCCCCCCCCCCCCCCC(C)C. The highest BCUT2D eigenvalue weighted by atomic mass is 16.5. The van der Waals surface area contributed by atoms with Gasteiger partial charge in [-0.25, -0.2) is 4.79 Å². The van der Waals surface area contributed by atoms with Gasteiger partial charge in [-0.3, -0.25) is 0 Å². The first kappa shape index (κ1) is 34.2. The molecule has 208 valence electrons. The van der Waals surface area contributed by atoms with E-state index in [1.54, 1.807) is 0 Å². The maximum Gasteiger partial charge on any atom is 0.330 e. The fraction of sp³-hybridized carbons (Fsp3) is 0.909. The van der Waals surface area contributed by atoms with Crippen LogP contribution in [0.5, 0.6) is 0 Å². The lowest BCUT2D eigenvalue weighted by atomic mass is 10.0. The Kier molecular flexibility index (Phi) is 28.8. The topological polar surface area (TPSA) is 26.3 Å². The number of esters is 1. The van der Waals surface area contributed by atoms with E-state index in [0.717, 1.165) is 12.3 Å². The van der Waals surface area contributed by atoms with Crippen molar-refractivity contribution in [2.75, 3.05) is 6.61 Å². The van der Waals surface area contributed by atoms with Crippen molar-refractivity contribution in [1.82, 2.24) is 0 Å². The molecule has 0 aromatic rings. The summed E-state index contributed by atoms with van der Waals surface area (Å²) in [7, 11) is 0. The fourth-order valence-corrected chi connectivity index (χ4v) is 4.95. The average Bonchev–Trinajstić information content (AvgIpc) is 2.85. The van der Waals surface area contributed by atoms with Gasteiger partial charge in [-0.2, -0.15) is 0 Å². The number of hydrogen-bond donors (Lipinski definition) is 0. The molecule has 0 N–H and O–H groups in total. The second-order valence-corrected chi connectivity index (χ2v) is 11.4. The van der Waals surface area contributed by atoms with Crippen molar-refractivity contribution in [2.24, 2.45) is 5.92 Å². The minimum atomic E-state index is -0.297. The first-order chi connectivity index (χ1) is 17.2.